The standard InChI is InChI=1S/C7H15NO2/c1-9-7(10-2)5-6-3-4-8-6/h6-8H,3-5H2,1-2H3. The number of hydrogen-bond donors (Lipinski definition) is 1. The van der Waals surface area contributed by atoms with Gasteiger partial charge in [-0.3, -0.25) is 0 Å². The van der Waals surface area contributed by atoms with E-state index in [0.29, 0.717) is 6.04 Å². The summed E-state index contributed by atoms with van der Waals surface area (Å²) in [5.74, 6) is 0. The first-order chi connectivity index (χ1) is 4.86. The minimum Gasteiger partial charge on any atom is -0.356 e. The van der Waals surface area contributed by atoms with Crippen molar-refractivity contribution >= 4 is 0 Å². The first-order valence-corrected chi connectivity index (χ1v) is 3.65. The number of rotatable bonds is 4. The van der Waals surface area contributed by atoms with Gasteiger partial charge in [-0.2, -0.15) is 0 Å². The summed E-state index contributed by atoms with van der Waals surface area (Å²) < 4.78 is 10.1. The van der Waals surface area contributed by atoms with Gasteiger partial charge in [0.05, 0.1) is 0 Å². The van der Waals surface area contributed by atoms with Crippen LogP contribution < -0.4 is 5.32 Å². The van der Waals surface area contributed by atoms with Crippen molar-refractivity contribution in [3.05, 3.63) is 0 Å². The van der Waals surface area contributed by atoms with Crippen molar-refractivity contribution in [1.29, 1.82) is 0 Å². The molecule has 1 fully saturated rings. The fraction of sp³-hybridized carbons (Fsp3) is 1.00. The summed E-state index contributed by atoms with van der Waals surface area (Å²) in [6.45, 7) is 1.14. The van der Waals surface area contributed by atoms with Gasteiger partial charge in [0.2, 0.25) is 0 Å². The van der Waals surface area contributed by atoms with Crippen LogP contribution in [0.5, 0.6) is 0 Å². The Hall–Kier alpha value is -0.120. The molecule has 0 bridgehead atoms. The molecule has 3 heteroatoms. The van der Waals surface area contributed by atoms with Gasteiger partial charge >= 0.3 is 0 Å². The number of ether oxygens (including phenoxy) is 2. The average Bonchev–Trinajstić information content (AvgIpc) is 1.87. The van der Waals surface area contributed by atoms with E-state index in [1.807, 2.05) is 0 Å². The van der Waals surface area contributed by atoms with Gasteiger partial charge in [0.25, 0.3) is 0 Å². The Balaban J connectivity index is 2.08. The Labute approximate surface area is 61.7 Å². The fourth-order valence-corrected chi connectivity index (χ4v) is 1.07. The van der Waals surface area contributed by atoms with Crippen molar-refractivity contribution in [3.63, 3.8) is 0 Å². The molecule has 0 spiro atoms. The van der Waals surface area contributed by atoms with Gasteiger partial charge in [-0.25, -0.2) is 0 Å². The Kier molecular flexibility index (Phi) is 3.12. The molecule has 0 aliphatic carbocycles. The van der Waals surface area contributed by atoms with Gasteiger partial charge in [-0.05, 0) is 13.0 Å². The van der Waals surface area contributed by atoms with Gasteiger partial charge in [-0.1, -0.05) is 0 Å². The van der Waals surface area contributed by atoms with Crippen molar-refractivity contribution in [3.8, 4) is 0 Å². The predicted molar refractivity (Wildman–Crippen MR) is 38.8 cm³/mol. The molecule has 1 aliphatic heterocycles. The van der Waals surface area contributed by atoms with E-state index in [4.69, 9.17) is 9.47 Å². The van der Waals surface area contributed by atoms with Crippen molar-refractivity contribution in [2.24, 2.45) is 0 Å². The number of nitrogens with one attached hydrogen (secondary N) is 1. The van der Waals surface area contributed by atoms with Crippen LogP contribution in [0.15, 0.2) is 0 Å². The summed E-state index contributed by atoms with van der Waals surface area (Å²) in [6, 6.07) is 0.616. The second-order valence-corrected chi connectivity index (χ2v) is 2.58. The van der Waals surface area contributed by atoms with Crippen LogP contribution in [-0.2, 0) is 9.47 Å². The van der Waals surface area contributed by atoms with Crippen LogP contribution in [0.3, 0.4) is 0 Å². The van der Waals surface area contributed by atoms with Gasteiger partial charge in [0.1, 0.15) is 0 Å². The van der Waals surface area contributed by atoms with Crippen LogP contribution >= 0.6 is 0 Å². The van der Waals surface area contributed by atoms with Crippen molar-refractivity contribution < 1.29 is 9.47 Å². The van der Waals surface area contributed by atoms with Gasteiger partial charge in [0, 0.05) is 26.7 Å². The van der Waals surface area contributed by atoms with Gasteiger partial charge in [0.15, 0.2) is 6.29 Å². The second kappa shape index (κ2) is 3.91. The average molecular weight is 145 g/mol. The first kappa shape index (κ1) is 7.98. The third kappa shape index (κ3) is 1.94. The zero-order valence-electron chi connectivity index (χ0n) is 6.59. The third-order valence-electron chi connectivity index (χ3n) is 1.93. The molecule has 0 aromatic carbocycles. The molecule has 0 aromatic heterocycles. The molecule has 10 heavy (non-hydrogen) atoms. The van der Waals surface area contributed by atoms with Crippen molar-refractivity contribution in [2.45, 2.75) is 25.2 Å². The van der Waals surface area contributed by atoms with Gasteiger partial charge < -0.3 is 14.8 Å². The van der Waals surface area contributed by atoms with E-state index >= 15 is 0 Å². The zero-order chi connectivity index (χ0) is 7.40. The van der Waals surface area contributed by atoms with E-state index in [-0.39, 0.29) is 6.29 Å². The highest BCUT2D eigenvalue weighted by Crippen LogP contribution is 2.11. The van der Waals surface area contributed by atoms with E-state index in [0.717, 1.165) is 13.0 Å². The highest BCUT2D eigenvalue weighted by atomic mass is 16.7. The Bertz CT molecular complexity index is 89.6. The Morgan fingerprint density at radius 1 is 1.50 bits per heavy atom. The topological polar surface area (TPSA) is 30.5 Å². The van der Waals surface area contributed by atoms with Gasteiger partial charge in [-0.15, -0.1) is 0 Å². The SMILES string of the molecule is COC(CC1CCN1)OC. The van der Waals surface area contributed by atoms with Crippen LogP contribution in [0, 0.1) is 0 Å². The third-order valence-corrected chi connectivity index (χ3v) is 1.93. The maximum Gasteiger partial charge on any atom is 0.158 e. The maximum atomic E-state index is 5.04. The number of methoxy groups -OCH3 is 2. The van der Waals surface area contributed by atoms with Crippen LogP contribution in [0.4, 0.5) is 0 Å². The normalized spacial score (nSPS) is 24.9. The van der Waals surface area contributed by atoms with Crippen molar-refractivity contribution in [2.75, 3.05) is 20.8 Å². The Morgan fingerprint density at radius 3 is 2.40 bits per heavy atom. The quantitative estimate of drug-likeness (QED) is 0.579. The minimum absolute atomic E-state index is 0.0298. The lowest BCUT2D eigenvalue weighted by Crippen LogP contribution is -2.45. The molecule has 0 aromatic rings. The molecule has 1 unspecified atom stereocenters. The second-order valence-electron chi connectivity index (χ2n) is 2.58. The maximum absolute atomic E-state index is 5.04. The molecule has 1 saturated heterocycles. The zero-order valence-corrected chi connectivity index (χ0v) is 6.59. The lowest BCUT2D eigenvalue weighted by Gasteiger charge is -2.29. The molecule has 60 valence electrons. The van der Waals surface area contributed by atoms with E-state index < -0.39 is 0 Å². The smallest absolute Gasteiger partial charge is 0.158 e. The molecular formula is C7H15NO2. The van der Waals surface area contributed by atoms with E-state index in [1.165, 1.54) is 6.42 Å². The molecule has 0 radical (unpaired) electrons. The molecule has 1 aliphatic rings. The highest BCUT2D eigenvalue weighted by Gasteiger charge is 2.20. The first-order valence-electron chi connectivity index (χ1n) is 3.65. The largest absolute Gasteiger partial charge is 0.356 e. The molecular weight excluding hydrogens is 130 g/mol. The summed E-state index contributed by atoms with van der Waals surface area (Å²) in [6.07, 6.45) is 2.19. The molecule has 3 nitrogen and oxygen atoms in total. The number of hydrogen-bond acceptors (Lipinski definition) is 3. The summed E-state index contributed by atoms with van der Waals surface area (Å²) in [7, 11) is 3.35. The lowest BCUT2D eigenvalue weighted by molar-refractivity contribution is -0.113. The molecule has 1 heterocycles. The summed E-state index contributed by atoms with van der Waals surface area (Å²) in [5.41, 5.74) is 0. The summed E-state index contributed by atoms with van der Waals surface area (Å²) in [4.78, 5) is 0. The summed E-state index contributed by atoms with van der Waals surface area (Å²) in [5, 5.41) is 3.28. The molecule has 0 amide bonds. The molecule has 1 rings (SSSR count). The van der Waals surface area contributed by atoms with E-state index in [9.17, 15) is 0 Å². The lowest BCUT2D eigenvalue weighted by atomic mass is 10.0. The van der Waals surface area contributed by atoms with Crippen LogP contribution in [0.1, 0.15) is 12.8 Å². The Morgan fingerprint density at radius 2 is 2.10 bits per heavy atom. The molecule has 1 N–H and O–H groups in total. The molecule has 1 atom stereocenters. The van der Waals surface area contributed by atoms with Crippen LogP contribution in [0.25, 0.3) is 0 Å². The molecule has 0 saturated carbocycles. The van der Waals surface area contributed by atoms with Crippen LogP contribution in [0.2, 0.25) is 0 Å². The predicted octanol–water partition coefficient (Wildman–Crippen LogP) is 0.357. The van der Waals surface area contributed by atoms with Crippen molar-refractivity contribution in [1.82, 2.24) is 5.32 Å². The van der Waals surface area contributed by atoms with E-state index in [2.05, 4.69) is 5.32 Å². The van der Waals surface area contributed by atoms with E-state index in [1.54, 1.807) is 14.2 Å². The summed E-state index contributed by atoms with van der Waals surface area (Å²) >= 11 is 0. The highest BCUT2D eigenvalue weighted by molar-refractivity contribution is 4.77. The fourth-order valence-electron chi connectivity index (χ4n) is 1.07. The van der Waals surface area contributed by atoms with Crippen LogP contribution in [-0.4, -0.2) is 33.1 Å². The minimum atomic E-state index is -0.0298. The monoisotopic (exact) mass is 145 g/mol.